The van der Waals surface area contributed by atoms with Gasteiger partial charge in [-0.1, -0.05) is 18.9 Å². The highest BCUT2D eigenvalue weighted by Crippen LogP contribution is 2.54. The number of aryl methyl sites for hydroxylation is 1. The van der Waals surface area contributed by atoms with Crippen LogP contribution in [0, 0.1) is 12.3 Å². The Morgan fingerprint density at radius 2 is 2.00 bits per heavy atom. The largest absolute Gasteiger partial charge is 0.378 e. The number of hydrogen-bond acceptors (Lipinski definition) is 4. The van der Waals surface area contributed by atoms with E-state index >= 15 is 0 Å². The summed E-state index contributed by atoms with van der Waals surface area (Å²) in [5.41, 5.74) is 1.54. The third-order valence-electron chi connectivity index (χ3n) is 7.28. The maximum absolute atomic E-state index is 6.06. The van der Waals surface area contributed by atoms with Gasteiger partial charge in [0.25, 0.3) is 0 Å². The third-order valence-corrected chi connectivity index (χ3v) is 7.28. The van der Waals surface area contributed by atoms with Gasteiger partial charge in [0.1, 0.15) is 5.82 Å². The summed E-state index contributed by atoms with van der Waals surface area (Å²) in [5.74, 6) is 2.05. The Labute approximate surface area is 175 Å². The van der Waals surface area contributed by atoms with Crippen molar-refractivity contribution in [3.05, 3.63) is 23.9 Å². The number of anilines is 1. The van der Waals surface area contributed by atoms with E-state index in [1.165, 1.54) is 31.2 Å². The van der Waals surface area contributed by atoms with E-state index in [4.69, 9.17) is 4.74 Å². The number of hydrogen-bond donors (Lipinski definition) is 2. The van der Waals surface area contributed by atoms with Crippen LogP contribution in [0.5, 0.6) is 0 Å². The van der Waals surface area contributed by atoms with Gasteiger partial charge in [-0.3, -0.25) is 4.99 Å². The van der Waals surface area contributed by atoms with Gasteiger partial charge in [-0.05, 0) is 57.6 Å². The van der Waals surface area contributed by atoms with E-state index in [2.05, 4.69) is 51.5 Å². The minimum Gasteiger partial charge on any atom is -0.378 e. The number of piperidine rings is 1. The molecule has 2 N–H and O–H groups in total. The molecule has 160 valence electrons. The molecule has 1 saturated heterocycles. The predicted octanol–water partition coefficient (Wildman–Crippen LogP) is 3.26. The molecule has 2 unspecified atom stereocenters. The molecule has 2 saturated carbocycles. The second kappa shape index (κ2) is 8.90. The molecular formula is C23H37N5O. The zero-order valence-corrected chi connectivity index (χ0v) is 18.3. The maximum Gasteiger partial charge on any atom is 0.191 e. The van der Waals surface area contributed by atoms with Crippen LogP contribution in [-0.2, 0) is 4.74 Å². The van der Waals surface area contributed by atoms with E-state index in [1.54, 1.807) is 0 Å². The lowest BCUT2D eigenvalue weighted by Gasteiger charge is -2.54. The van der Waals surface area contributed by atoms with Crippen molar-refractivity contribution in [2.75, 3.05) is 31.6 Å². The average Bonchev–Trinajstić information content (AvgIpc) is 3.27. The molecule has 6 heteroatoms. The summed E-state index contributed by atoms with van der Waals surface area (Å²) in [4.78, 5) is 11.5. The van der Waals surface area contributed by atoms with Crippen molar-refractivity contribution in [3.8, 4) is 0 Å². The molecule has 2 aliphatic carbocycles. The molecule has 2 heterocycles. The van der Waals surface area contributed by atoms with Crippen LogP contribution < -0.4 is 15.5 Å². The molecule has 3 fully saturated rings. The molecule has 0 aromatic carbocycles. The van der Waals surface area contributed by atoms with Crippen LogP contribution in [0.3, 0.4) is 0 Å². The molecule has 3 aliphatic rings. The number of nitrogens with one attached hydrogen (secondary N) is 2. The Kier molecular flexibility index (Phi) is 6.28. The Bertz CT molecular complexity index is 690. The minimum absolute atomic E-state index is 0.327. The van der Waals surface area contributed by atoms with Crippen molar-refractivity contribution < 1.29 is 4.74 Å². The quantitative estimate of drug-likeness (QED) is 0.588. The third kappa shape index (κ3) is 4.23. The fourth-order valence-corrected chi connectivity index (χ4v) is 5.52. The second-order valence-electron chi connectivity index (χ2n) is 8.99. The van der Waals surface area contributed by atoms with Crippen molar-refractivity contribution in [2.24, 2.45) is 10.4 Å². The SMILES string of the molecule is CCOC1CC(NC(=NC)NC2CCN(c3ccc(C)cn3)CC2)C12CCCC2. The normalized spacial score (nSPS) is 27.1. The summed E-state index contributed by atoms with van der Waals surface area (Å²) in [7, 11) is 1.89. The zero-order valence-electron chi connectivity index (χ0n) is 18.3. The van der Waals surface area contributed by atoms with Crippen LogP contribution in [-0.4, -0.2) is 55.9 Å². The van der Waals surface area contributed by atoms with Gasteiger partial charge in [0.15, 0.2) is 5.96 Å². The van der Waals surface area contributed by atoms with Crippen LogP contribution in [0.25, 0.3) is 0 Å². The van der Waals surface area contributed by atoms with E-state index < -0.39 is 0 Å². The molecule has 6 nitrogen and oxygen atoms in total. The van der Waals surface area contributed by atoms with Crippen LogP contribution >= 0.6 is 0 Å². The van der Waals surface area contributed by atoms with Crippen molar-refractivity contribution in [1.82, 2.24) is 15.6 Å². The van der Waals surface area contributed by atoms with Gasteiger partial charge in [-0.15, -0.1) is 0 Å². The molecule has 1 spiro atoms. The fraction of sp³-hybridized carbons (Fsp3) is 0.739. The van der Waals surface area contributed by atoms with Gasteiger partial charge in [0.2, 0.25) is 0 Å². The Morgan fingerprint density at radius 1 is 1.24 bits per heavy atom. The first kappa shape index (κ1) is 20.5. The zero-order chi connectivity index (χ0) is 20.3. The summed E-state index contributed by atoms with van der Waals surface area (Å²) in [6, 6.07) is 5.23. The van der Waals surface area contributed by atoms with E-state index in [0.717, 1.165) is 50.7 Å². The number of aromatic nitrogens is 1. The van der Waals surface area contributed by atoms with Gasteiger partial charge in [-0.2, -0.15) is 0 Å². The lowest BCUT2D eigenvalue weighted by Crippen LogP contribution is -2.65. The molecular weight excluding hydrogens is 362 g/mol. The van der Waals surface area contributed by atoms with E-state index in [9.17, 15) is 0 Å². The standard InChI is InChI=1S/C23H37N5O/c1-4-29-20-15-19(23(20)11-5-6-12-23)27-22(24-3)26-18-9-13-28(14-10-18)21-8-7-17(2)16-25-21/h7-8,16,18-20H,4-6,9-15H2,1-3H3,(H2,24,26,27). The molecule has 0 amide bonds. The van der Waals surface area contributed by atoms with Crippen LogP contribution in [0.4, 0.5) is 5.82 Å². The second-order valence-corrected chi connectivity index (χ2v) is 8.99. The van der Waals surface area contributed by atoms with Gasteiger partial charge in [0.05, 0.1) is 6.10 Å². The first-order valence-corrected chi connectivity index (χ1v) is 11.4. The first-order valence-electron chi connectivity index (χ1n) is 11.4. The fourth-order valence-electron chi connectivity index (χ4n) is 5.52. The summed E-state index contributed by atoms with van der Waals surface area (Å²) < 4.78 is 6.06. The average molecular weight is 400 g/mol. The first-order chi connectivity index (χ1) is 14.1. The highest BCUT2D eigenvalue weighted by atomic mass is 16.5. The summed E-state index contributed by atoms with van der Waals surface area (Å²) >= 11 is 0. The summed E-state index contributed by atoms with van der Waals surface area (Å²) in [6.45, 7) is 7.08. The van der Waals surface area contributed by atoms with Crippen molar-refractivity contribution in [2.45, 2.75) is 77.0 Å². The maximum atomic E-state index is 6.06. The number of ether oxygens (including phenoxy) is 1. The molecule has 4 rings (SSSR count). The molecule has 2 atom stereocenters. The molecule has 1 aromatic rings. The molecule has 1 aromatic heterocycles. The van der Waals surface area contributed by atoms with Crippen LogP contribution in [0.2, 0.25) is 0 Å². The van der Waals surface area contributed by atoms with Crippen molar-refractivity contribution in [1.29, 1.82) is 0 Å². The number of nitrogens with zero attached hydrogens (tertiary/aromatic N) is 3. The van der Waals surface area contributed by atoms with Crippen molar-refractivity contribution >= 4 is 11.8 Å². The van der Waals surface area contributed by atoms with E-state index in [-0.39, 0.29) is 0 Å². The van der Waals surface area contributed by atoms with E-state index in [0.29, 0.717) is 23.6 Å². The Hall–Kier alpha value is -1.82. The van der Waals surface area contributed by atoms with Gasteiger partial charge in [-0.25, -0.2) is 4.98 Å². The molecule has 29 heavy (non-hydrogen) atoms. The molecule has 1 aliphatic heterocycles. The van der Waals surface area contributed by atoms with Crippen LogP contribution in [0.1, 0.15) is 57.4 Å². The van der Waals surface area contributed by atoms with Crippen molar-refractivity contribution in [3.63, 3.8) is 0 Å². The monoisotopic (exact) mass is 399 g/mol. The topological polar surface area (TPSA) is 61.8 Å². The lowest BCUT2D eigenvalue weighted by atomic mass is 9.60. The van der Waals surface area contributed by atoms with Gasteiger partial charge >= 0.3 is 0 Å². The highest BCUT2D eigenvalue weighted by molar-refractivity contribution is 5.80. The smallest absolute Gasteiger partial charge is 0.191 e. The van der Waals surface area contributed by atoms with E-state index in [1.807, 2.05) is 13.2 Å². The lowest BCUT2D eigenvalue weighted by molar-refractivity contribution is -0.125. The Balaban J connectivity index is 1.28. The van der Waals surface area contributed by atoms with Gasteiger partial charge in [0, 0.05) is 50.4 Å². The minimum atomic E-state index is 0.327. The molecule has 0 radical (unpaired) electrons. The number of rotatable bonds is 5. The summed E-state index contributed by atoms with van der Waals surface area (Å²) in [5, 5.41) is 7.44. The number of aliphatic imine (C=N–C) groups is 1. The molecule has 0 bridgehead atoms. The van der Waals surface area contributed by atoms with Gasteiger partial charge < -0.3 is 20.3 Å². The van der Waals surface area contributed by atoms with Crippen LogP contribution in [0.15, 0.2) is 23.3 Å². The number of pyridine rings is 1. The Morgan fingerprint density at radius 3 is 2.62 bits per heavy atom. The number of guanidine groups is 1. The predicted molar refractivity (Wildman–Crippen MR) is 119 cm³/mol. The summed E-state index contributed by atoms with van der Waals surface area (Å²) in [6.07, 6.45) is 10.9. The highest BCUT2D eigenvalue weighted by Gasteiger charge is 2.57.